The van der Waals surface area contributed by atoms with Crippen molar-refractivity contribution in [2.24, 2.45) is 0 Å². The average Bonchev–Trinajstić information content (AvgIpc) is 2.89. The van der Waals surface area contributed by atoms with Gasteiger partial charge in [0.25, 0.3) is 0 Å². The summed E-state index contributed by atoms with van der Waals surface area (Å²) < 4.78 is 20.1. The molecular formula is C13H14FN3O3. The van der Waals surface area contributed by atoms with Crippen molar-refractivity contribution in [1.29, 1.82) is 0 Å². The first-order chi connectivity index (χ1) is 9.66. The Hall–Kier alpha value is -2.44. The van der Waals surface area contributed by atoms with E-state index in [-0.39, 0.29) is 17.3 Å². The van der Waals surface area contributed by atoms with Gasteiger partial charge in [0.15, 0.2) is 11.6 Å². The van der Waals surface area contributed by atoms with Gasteiger partial charge >= 0.3 is 5.69 Å². The van der Waals surface area contributed by atoms with Gasteiger partial charge in [-0.25, -0.2) is 4.39 Å². The Bertz CT molecular complexity index is 586. The van der Waals surface area contributed by atoms with Crippen LogP contribution >= 0.6 is 0 Å². The van der Waals surface area contributed by atoms with Crippen LogP contribution in [0, 0.1) is 15.9 Å². The molecule has 0 aliphatic carbocycles. The van der Waals surface area contributed by atoms with Gasteiger partial charge in [-0.1, -0.05) is 12.1 Å². The van der Waals surface area contributed by atoms with Gasteiger partial charge in [0.05, 0.1) is 11.5 Å². The third-order valence-electron chi connectivity index (χ3n) is 2.71. The fourth-order valence-corrected chi connectivity index (χ4v) is 1.69. The van der Waals surface area contributed by atoms with Crippen LogP contribution in [-0.2, 0) is 6.54 Å². The summed E-state index contributed by atoms with van der Waals surface area (Å²) in [7, 11) is 0. The normalized spacial score (nSPS) is 10.4. The van der Waals surface area contributed by atoms with Gasteiger partial charge in [-0.15, -0.1) is 0 Å². The van der Waals surface area contributed by atoms with Gasteiger partial charge in [0, 0.05) is 6.54 Å². The van der Waals surface area contributed by atoms with E-state index in [2.05, 4.69) is 5.10 Å². The van der Waals surface area contributed by atoms with Crippen LogP contribution in [0.3, 0.4) is 0 Å². The monoisotopic (exact) mass is 279 g/mol. The van der Waals surface area contributed by atoms with E-state index in [0.717, 1.165) is 6.42 Å². The Morgan fingerprint density at radius 1 is 1.35 bits per heavy atom. The summed E-state index contributed by atoms with van der Waals surface area (Å²) in [4.78, 5) is 9.99. The van der Waals surface area contributed by atoms with Crippen molar-refractivity contribution in [3.63, 3.8) is 0 Å². The zero-order valence-electron chi connectivity index (χ0n) is 10.7. The molecule has 0 saturated carbocycles. The highest BCUT2D eigenvalue weighted by Crippen LogP contribution is 2.15. The molecule has 0 aliphatic rings. The Morgan fingerprint density at radius 2 is 2.15 bits per heavy atom. The maximum absolute atomic E-state index is 13.2. The molecule has 106 valence electrons. The summed E-state index contributed by atoms with van der Waals surface area (Å²) >= 11 is 0. The van der Waals surface area contributed by atoms with Crippen LogP contribution < -0.4 is 4.74 Å². The van der Waals surface area contributed by atoms with Crippen LogP contribution in [0.15, 0.2) is 36.7 Å². The number of halogens is 1. The zero-order chi connectivity index (χ0) is 14.4. The molecular weight excluding hydrogens is 265 g/mol. The molecule has 0 atom stereocenters. The minimum Gasteiger partial charge on any atom is -0.491 e. The zero-order valence-corrected chi connectivity index (χ0v) is 10.7. The van der Waals surface area contributed by atoms with Crippen LogP contribution in [0.2, 0.25) is 0 Å². The van der Waals surface area contributed by atoms with Crippen molar-refractivity contribution >= 4 is 5.69 Å². The fourth-order valence-electron chi connectivity index (χ4n) is 1.69. The first-order valence-corrected chi connectivity index (χ1v) is 6.21. The smallest absolute Gasteiger partial charge is 0.306 e. The predicted molar refractivity (Wildman–Crippen MR) is 70.0 cm³/mol. The second-order valence-corrected chi connectivity index (χ2v) is 4.20. The van der Waals surface area contributed by atoms with Gasteiger partial charge in [-0.05, 0) is 25.0 Å². The molecule has 0 radical (unpaired) electrons. The first kappa shape index (κ1) is 14.0. The van der Waals surface area contributed by atoms with E-state index < -0.39 is 4.92 Å². The van der Waals surface area contributed by atoms with Crippen molar-refractivity contribution in [3.05, 3.63) is 52.6 Å². The number of nitro groups is 1. The van der Waals surface area contributed by atoms with Crippen molar-refractivity contribution in [1.82, 2.24) is 9.78 Å². The second-order valence-electron chi connectivity index (χ2n) is 4.20. The number of hydrogen-bond acceptors (Lipinski definition) is 4. The Labute approximate surface area is 114 Å². The Balaban J connectivity index is 1.69. The largest absolute Gasteiger partial charge is 0.491 e. The van der Waals surface area contributed by atoms with Crippen molar-refractivity contribution < 1.29 is 14.1 Å². The molecule has 2 aromatic rings. The SMILES string of the molecule is O=[N+]([O-])c1cnn(CCCCOc2ccccc2F)c1. The molecule has 1 heterocycles. The summed E-state index contributed by atoms with van der Waals surface area (Å²) in [6.45, 7) is 0.957. The molecule has 0 spiro atoms. The molecule has 20 heavy (non-hydrogen) atoms. The summed E-state index contributed by atoms with van der Waals surface area (Å²) in [5.41, 5.74) is -0.0207. The van der Waals surface area contributed by atoms with E-state index in [4.69, 9.17) is 4.74 Å². The summed E-state index contributed by atoms with van der Waals surface area (Å²) in [6.07, 6.45) is 4.06. The third-order valence-corrected chi connectivity index (χ3v) is 2.71. The van der Waals surface area contributed by atoms with E-state index in [1.807, 2.05) is 0 Å². The van der Waals surface area contributed by atoms with Gasteiger partial charge in [-0.2, -0.15) is 5.10 Å². The third kappa shape index (κ3) is 3.78. The number of nitrogens with zero attached hydrogens (tertiary/aromatic N) is 3. The fraction of sp³-hybridized carbons (Fsp3) is 0.308. The van der Waals surface area contributed by atoms with Crippen molar-refractivity contribution in [3.8, 4) is 5.75 Å². The second kappa shape index (κ2) is 6.65. The molecule has 0 N–H and O–H groups in total. The predicted octanol–water partition coefficient (Wildman–Crippen LogP) is 2.79. The number of benzene rings is 1. The average molecular weight is 279 g/mol. The van der Waals surface area contributed by atoms with Crippen LogP contribution in [0.4, 0.5) is 10.1 Å². The van der Waals surface area contributed by atoms with Crippen molar-refractivity contribution in [2.75, 3.05) is 6.61 Å². The van der Waals surface area contributed by atoms with E-state index in [9.17, 15) is 14.5 Å². The highest BCUT2D eigenvalue weighted by Gasteiger charge is 2.08. The van der Waals surface area contributed by atoms with E-state index in [1.54, 1.807) is 18.2 Å². The van der Waals surface area contributed by atoms with Gasteiger partial charge < -0.3 is 4.74 Å². The minimum atomic E-state index is -0.481. The molecule has 0 aliphatic heterocycles. The number of aryl methyl sites for hydroxylation is 1. The molecule has 0 bridgehead atoms. The Morgan fingerprint density at radius 3 is 2.85 bits per heavy atom. The topological polar surface area (TPSA) is 70.2 Å². The number of para-hydroxylation sites is 1. The maximum atomic E-state index is 13.2. The highest BCUT2D eigenvalue weighted by atomic mass is 19.1. The quantitative estimate of drug-likeness (QED) is 0.444. The van der Waals surface area contributed by atoms with Gasteiger partial charge in [0.2, 0.25) is 0 Å². The van der Waals surface area contributed by atoms with Crippen molar-refractivity contribution in [2.45, 2.75) is 19.4 Å². The summed E-state index contributed by atoms with van der Waals surface area (Å²) in [6, 6.07) is 6.23. The van der Waals surface area contributed by atoms with E-state index >= 15 is 0 Å². The molecule has 0 unspecified atom stereocenters. The van der Waals surface area contributed by atoms with Crippen LogP contribution in [0.25, 0.3) is 0 Å². The number of rotatable bonds is 7. The first-order valence-electron chi connectivity index (χ1n) is 6.21. The van der Waals surface area contributed by atoms with E-state index in [1.165, 1.54) is 23.1 Å². The summed E-state index contributed by atoms with van der Waals surface area (Å²) in [5, 5.41) is 14.4. The lowest BCUT2D eigenvalue weighted by Crippen LogP contribution is -2.03. The van der Waals surface area contributed by atoms with Gasteiger partial charge in [0.1, 0.15) is 12.4 Å². The van der Waals surface area contributed by atoms with Crippen LogP contribution in [-0.4, -0.2) is 21.3 Å². The number of ether oxygens (including phenoxy) is 1. The number of aromatic nitrogens is 2. The Kier molecular flexibility index (Phi) is 4.65. The lowest BCUT2D eigenvalue weighted by Gasteiger charge is -2.06. The van der Waals surface area contributed by atoms with E-state index in [0.29, 0.717) is 19.6 Å². The molecule has 0 fully saturated rings. The number of hydrogen-bond donors (Lipinski definition) is 0. The molecule has 1 aromatic heterocycles. The summed E-state index contributed by atoms with van der Waals surface area (Å²) in [5.74, 6) is -0.141. The number of unbranched alkanes of at least 4 members (excludes halogenated alkanes) is 1. The molecule has 2 rings (SSSR count). The molecule has 1 aromatic carbocycles. The van der Waals surface area contributed by atoms with Crippen LogP contribution in [0.1, 0.15) is 12.8 Å². The van der Waals surface area contributed by atoms with Crippen LogP contribution in [0.5, 0.6) is 5.75 Å². The lowest BCUT2D eigenvalue weighted by molar-refractivity contribution is -0.385. The molecule has 0 saturated heterocycles. The van der Waals surface area contributed by atoms with Gasteiger partial charge in [-0.3, -0.25) is 14.8 Å². The molecule has 6 nitrogen and oxygen atoms in total. The standard InChI is InChI=1S/C13H14FN3O3/c14-12-5-1-2-6-13(12)20-8-4-3-7-16-10-11(9-15-16)17(18)19/h1-2,5-6,9-10H,3-4,7-8H2. The molecule has 0 amide bonds. The minimum absolute atomic E-state index is 0.0207. The lowest BCUT2D eigenvalue weighted by atomic mass is 10.3. The maximum Gasteiger partial charge on any atom is 0.306 e. The molecule has 7 heteroatoms. The highest BCUT2D eigenvalue weighted by molar-refractivity contribution is 5.23.